The van der Waals surface area contributed by atoms with E-state index in [1.165, 1.54) is 19.1 Å². The number of aromatic amines is 1. The minimum absolute atomic E-state index is 0.144. The van der Waals surface area contributed by atoms with Gasteiger partial charge in [0.1, 0.15) is 41.9 Å². The van der Waals surface area contributed by atoms with Gasteiger partial charge in [-0.15, -0.1) is 0 Å². The molecule has 37 heavy (non-hydrogen) atoms. The number of aromatic nitrogens is 2. The summed E-state index contributed by atoms with van der Waals surface area (Å²) in [4.78, 5) is 40.8. The smallest absolute Gasteiger partial charge is 0.459 e. The summed E-state index contributed by atoms with van der Waals surface area (Å²) in [7, 11) is -4.38. The highest BCUT2D eigenvalue weighted by Gasteiger charge is 2.79. The normalized spacial score (nSPS) is 28.5. The molecule has 198 valence electrons. The molecule has 2 aromatic rings. The molecule has 3 unspecified atom stereocenters. The van der Waals surface area contributed by atoms with Crippen molar-refractivity contribution in [2.24, 2.45) is 5.11 Å². The number of benzene rings is 1. The Morgan fingerprint density at radius 3 is 2.62 bits per heavy atom. The van der Waals surface area contributed by atoms with Crippen molar-refractivity contribution in [3.05, 3.63) is 73.9 Å². The summed E-state index contributed by atoms with van der Waals surface area (Å²) in [6, 6.07) is 6.51. The van der Waals surface area contributed by atoms with Crippen LogP contribution in [0.25, 0.3) is 10.4 Å². The predicted octanol–water partition coefficient (Wildman–Crippen LogP) is 1.36. The summed E-state index contributed by atoms with van der Waals surface area (Å²) in [5.74, 6) is -0.573. The Labute approximate surface area is 209 Å². The van der Waals surface area contributed by atoms with Gasteiger partial charge in [0, 0.05) is 17.2 Å². The van der Waals surface area contributed by atoms with E-state index < -0.39 is 67.2 Å². The van der Waals surface area contributed by atoms with Gasteiger partial charge in [-0.25, -0.2) is 9.36 Å². The summed E-state index contributed by atoms with van der Waals surface area (Å²) >= 11 is 0. The van der Waals surface area contributed by atoms with Gasteiger partial charge in [-0.2, -0.15) is 5.09 Å². The molecule has 1 aliphatic heterocycles. The number of hydrogen-bond acceptors (Lipinski definition) is 10. The molecule has 2 heterocycles. The fourth-order valence-electron chi connectivity index (χ4n) is 3.96. The van der Waals surface area contributed by atoms with E-state index in [9.17, 15) is 24.1 Å². The zero-order valence-electron chi connectivity index (χ0n) is 20.0. The number of carbonyl (C=O) groups is 1. The Bertz CT molecular complexity index is 1370. The molecule has 0 spiro atoms. The maximum Gasteiger partial charge on any atom is 0.459 e. The fourth-order valence-corrected chi connectivity index (χ4v) is 5.68. The number of H-pyrrole nitrogens is 1. The summed E-state index contributed by atoms with van der Waals surface area (Å²) in [5.41, 5.74) is 5.58. The number of esters is 1. The number of aliphatic hydroxyl groups is 1. The van der Waals surface area contributed by atoms with Gasteiger partial charge < -0.3 is 19.1 Å². The van der Waals surface area contributed by atoms with Crippen LogP contribution in [0.1, 0.15) is 27.0 Å². The maximum absolute atomic E-state index is 13.8. The molecule has 0 radical (unpaired) electrons. The molecule has 15 nitrogen and oxygen atoms in total. The van der Waals surface area contributed by atoms with E-state index >= 15 is 0 Å². The topological polar surface area (TPSA) is 207 Å². The van der Waals surface area contributed by atoms with Crippen molar-refractivity contribution in [3.8, 4) is 5.75 Å². The van der Waals surface area contributed by atoms with Gasteiger partial charge in [-0.3, -0.25) is 23.7 Å². The lowest BCUT2D eigenvalue weighted by atomic mass is 10.1. The molecule has 1 saturated carbocycles. The van der Waals surface area contributed by atoms with Gasteiger partial charge in [0.05, 0.1) is 6.10 Å². The first-order valence-corrected chi connectivity index (χ1v) is 12.8. The van der Waals surface area contributed by atoms with Gasteiger partial charge >= 0.3 is 19.4 Å². The Kier molecular flexibility index (Phi) is 7.29. The van der Waals surface area contributed by atoms with Crippen molar-refractivity contribution in [1.29, 1.82) is 0 Å². The van der Waals surface area contributed by atoms with E-state index in [-0.39, 0.29) is 5.75 Å². The minimum atomic E-state index is -4.38. The van der Waals surface area contributed by atoms with E-state index in [1.807, 2.05) is 4.98 Å². The van der Waals surface area contributed by atoms with Crippen LogP contribution < -0.4 is 20.9 Å². The molecule has 1 aromatic heterocycles. The van der Waals surface area contributed by atoms with Gasteiger partial charge in [-0.05, 0) is 38.4 Å². The van der Waals surface area contributed by atoms with Crippen molar-refractivity contribution >= 4 is 13.7 Å². The van der Waals surface area contributed by atoms with Gasteiger partial charge in [0.25, 0.3) is 5.56 Å². The summed E-state index contributed by atoms with van der Waals surface area (Å²) < 4.78 is 36.8. The molecule has 4 rings (SSSR count). The van der Waals surface area contributed by atoms with Crippen LogP contribution in [0.3, 0.4) is 0 Å². The highest BCUT2D eigenvalue weighted by molar-refractivity contribution is 7.52. The van der Waals surface area contributed by atoms with E-state index in [0.717, 1.165) is 16.8 Å². The Morgan fingerprint density at radius 1 is 1.30 bits per heavy atom. The van der Waals surface area contributed by atoms with Gasteiger partial charge in [0.15, 0.2) is 0 Å². The highest BCUT2D eigenvalue weighted by atomic mass is 31.2. The Hall–Kier alpha value is -3.45. The average Bonchev–Trinajstić information content (AvgIpc) is 3.23. The molecule has 2 fully saturated rings. The average molecular weight is 536 g/mol. The highest BCUT2D eigenvalue weighted by Crippen LogP contribution is 2.61. The SMILES string of the molecule is CC(C)OC(=O)[C@@H](C)NP(=O)(Oc1ccccc1)OC1[C@H]2O[C@@H](n3ccc(=O)[nH]c3=O)C(N=[N+]=[N-])[C@@]12O. The lowest BCUT2D eigenvalue weighted by molar-refractivity contribution is -0.149. The van der Waals surface area contributed by atoms with Crippen molar-refractivity contribution in [2.75, 3.05) is 0 Å². The van der Waals surface area contributed by atoms with Crippen LogP contribution in [0, 0.1) is 0 Å². The summed E-state index contributed by atoms with van der Waals surface area (Å²) in [5, 5.41) is 17.4. The lowest BCUT2D eigenvalue weighted by Crippen LogP contribution is -2.42. The molecule has 0 amide bonds. The summed E-state index contributed by atoms with van der Waals surface area (Å²) in [6.45, 7) is 4.70. The second-order valence-electron chi connectivity index (χ2n) is 8.77. The zero-order chi connectivity index (χ0) is 27.0. The number of hydrogen-bond donors (Lipinski definition) is 3. The largest absolute Gasteiger partial charge is 0.462 e. The number of nitrogens with one attached hydrogen (secondary N) is 2. The van der Waals surface area contributed by atoms with E-state index in [2.05, 4.69) is 15.1 Å². The molecule has 3 N–H and O–H groups in total. The number of nitrogens with zero attached hydrogens (tertiary/aromatic N) is 4. The van der Waals surface area contributed by atoms with Crippen LogP contribution in [-0.4, -0.2) is 56.6 Å². The second-order valence-corrected chi connectivity index (χ2v) is 10.4. The molecule has 1 aliphatic carbocycles. The van der Waals surface area contributed by atoms with Crippen molar-refractivity contribution in [3.63, 3.8) is 0 Å². The Balaban J connectivity index is 1.59. The van der Waals surface area contributed by atoms with Gasteiger partial charge in [-0.1, -0.05) is 23.3 Å². The lowest BCUT2D eigenvalue weighted by Gasteiger charge is -2.27. The third kappa shape index (κ3) is 5.32. The molecule has 1 aromatic carbocycles. The number of ether oxygens (including phenoxy) is 2. The second kappa shape index (κ2) is 10.1. The maximum atomic E-state index is 13.8. The third-order valence-electron chi connectivity index (χ3n) is 5.69. The van der Waals surface area contributed by atoms with Crippen LogP contribution in [0.4, 0.5) is 0 Å². The molecule has 2 aliphatic rings. The van der Waals surface area contributed by atoms with E-state index in [0.29, 0.717) is 0 Å². The van der Waals surface area contributed by atoms with Gasteiger partial charge in [0.2, 0.25) is 0 Å². The molecular weight excluding hydrogens is 511 g/mol. The van der Waals surface area contributed by atoms with Crippen LogP contribution in [-0.2, 0) is 23.4 Å². The standard InChI is InChI=1S/C21H25N6O9P/c1-11(2)33-19(29)12(3)25-37(32,35-13-7-5-4-6-8-13)36-17-16-21(17,31)15(24-26-22)18(34-16)27-10-9-14(28)23-20(27)30/h4-12,15-18,31H,1-3H3,(H,25,32)(H,23,28,30)/t12-,15?,16-,17?,18-,21+,37?/m1/s1. The van der Waals surface area contributed by atoms with Crippen LogP contribution in [0.5, 0.6) is 5.75 Å². The number of fused-ring (bicyclic) bond motifs is 1. The van der Waals surface area contributed by atoms with Crippen LogP contribution >= 0.6 is 7.75 Å². The fraction of sp³-hybridized carbons (Fsp3) is 0.476. The van der Waals surface area contributed by atoms with Crippen molar-refractivity contribution < 1.29 is 33.0 Å². The number of para-hydroxylation sites is 1. The zero-order valence-corrected chi connectivity index (χ0v) is 20.8. The molecule has 0 bridgehead atoms. The number of azide groups is 1. The molecule has 1 saturated heterocycles. The molecular formula is C21H25N6O9P. The first-order chi connectivity index (χ1) is 17.5. The predicted molar refractivity (Wildman–Crippen MR) is 126 cm³/mol. The molecule has 7 atom stereocenters. The number of rotatable bonds is 10. The van der Waals surface area contributed by atoms with E-state index in [1.54, 1.807) is 32.0 Å². The quantitative estimate of drug-likeness (QED) is 0.131. The third-order valence-corrected chi connectivity index (χ3v) is 7.35. The minimum Gasteiger partial charge on any atom is -0.462 e. The van der Waals surface area contributed by atoms with Crippen LogP contribution in [0.15, 0.2) is 57.3 Å². The van der Waals surface area contributed by atoms with E-state index in [4.69, 9.17) is 24.1 Å². The van der Waals surface area contributed by atoms with Crippen LogP contribution in [0.2, 0.25) is 0 Å². The van der Waals surface area contributed by atoms with Crippen molar-refractivity contribution in [1.82, 2.24) is 14.6 Å². The monoisotopic (exact) mass is 536 g/mol. The van der Waals surface area contributed by atoms with Crippen molar-refractivity contribution in [2.45, 2.75) is 63.0 Å². The molecule has 16 heteroatoms. The summed E-state index contributed by atoms with van der Waals surface area (Å²) in [6.07, 6.45) is -3.09. The first kappa shape index (κ1) is 26.6. The first-order valence-electron chi connectivity index (χ1n) is 11.2. The number of carbonyl (C=O) groups excluding carboxylic acids is 1. The Morgan fingerprint density at radius 2 is 2.00 bits per heavy atom.